The lowest BCUT2D eigenvalue weighted by molar-refractivity contribution is 0.340. The maximum absolute atomic E-state index is 5.60. The lowest BCUT2D eigenvalue weighted by atomic mass is 10.3. The fourth-order valence-corrected chi connectivity index (χ4v) is 2.71. The van der Waals surface area contributed by atoms with E-state index in [9.17, 15) is 0 Å². The number of aromatic nitrogens is 3. The van der Waals surface area contributed by atoms with Gasteiger partial charge in [0, 0.05) is 17.8 Å². The van der Waals surface area contributed by atoms with Gasteiger partial charge in [-0.15, -0.1) is 11.3 Å². The Hall–Kier alpha value is -2.47. The van der Waals surface area contributed by atoms with Gasteiger partial charge in [-0.3, -0.25) is 4.98 Å². The van der Waals surface area contributed by atoms with Crippen molar-refractivity contribution in [3.8, 4) is 17.1 Å². The zero-order valence-corrected chi connectivity index (χ0v) is 13.2. The number of ether oxygens (including phenoxy) is 1. The van der Waals surface area contributed by atoms with Gasteiger partial charge in [0.15, 0.2) is 5.13 Å². The number of rotatable bonds is 5. The molecule has 3 rings (SSSR count). The number of nitrogens with zero attached hydrogens (tertiary/aromatic N) is 3. The van der Waals surface area contributed by atoms with Gasteiger partial charge in [0.2, 0.25) is 0 Å². The Morgan fingerprint density at radius 1 is 1.23 bits per heavy atom. The highest BCUT2D eigenvalue weighted by Crippen LogP contribution is 2.31. The summed E-state index contributed by atoms with van der Waals surface area (Å²) >= 11 is 1.51. The normalized spacial score (nSPS) is 10.5. The van der Waals surface area contributed by atoms with Crippen molar-refractivity contribution in [1.29, 1.82) is 0 Å². The number of pyridine rings is 2. The summed E-state index contributed by atoms with van der Waals surface area (Å²) in [5, 5.41) is 5.95. The highest BCUT2D eigenvalue weighted by atomic mass is 32.1. The van der Waals surface area contributed by atoms with Gasteiger partial charge in [0.05, 0.1) is 6.61 Å². The molecule has 0 bridgehead atoms. The molecule has 0 amide bonds. The summed E-state index contributed by atoms with van der Waals surface area (Å²) < 4.78 is 5.60. The molecule has 0 aliphatic rings. The SMILES string of the molecule is CCOc1cccnc1-c1csc(Nc2cc(C)ccn2)n1. The Morgan fingerprint density at radius 3 is 2.95 bits per heavy atom. The van der Waals surface area contributed by atoms with Crippen molar-refractivity contribution in [2.45, 2.75) is 13.8 Å². The number of hydrogen-bond donors (Lipinski definition) is 1. The molecule has 6 heteroatoms. The van der Waals surface area contributed by atoms with E-state index in [1.807, 2.05) is 43.5 Å². The fraction of sp³-hybridized carbons (Fsp3) is 0.188. The van der Waals surface area contributed by atoms with Crippen LogP contribution in [0.2, 0.25) is 0 Å². The van der Waals surface area contributed by atoms with Gasteiger partial charge in [-0.1, -0.05) is 0 Å². The van der Waals surface area contributed by atoms with E-state index in [4.69, 9.17) is 4.74 Å². The van der Waals surface area contributed by atoms with E-state index in [1.54, 1.807) is 12.4 Å². The molecule has 3 aromatic heterocycles. The van der Waals surface area contributed by atoms with Crippen molar-refractivity contribution < 1.29 is 4.74 Å². The summed E-state index contributed by atoms with van der Waals surface area (Å²) in [6, 6.07) is 7.70. The Kier molecular flexibility index (Phi) is 4.29. The van der Waals surface area contributed by atoms with Crippen molar-refractivity contribution in [3.05, 3.63) is 47.6 Å². The van der Waals surface area contributed by atoms with Crippen LogP contribution in [-0.2, 0) is 0 Å². The highest BCUT2D eigenvalue weighted by molar-refractivity contribution is 7.14. The highest BCUT2D eigenvalue weighted by Gasteiger charge is 2.11. The molecule has 0 saturated carbocycles. The van der Waals surface area contributed by atoms with Crippen LogP contribution in [0.4, 0.5) is 10.9 Å². The molecular formula is C16H16N4OS. The fourth-order valence-electron chi connectivity index (χ4n) is 2.01. The number of thiazole rings is 1. The molecule has 1 N–H and O–H groups in total. The molecule has 0 aliphatic carbocycles. The molecule has 0 saturated heterocycles. The lowest BCUT2D eigenvalue weighted by Gasteiger charge is -2.06. The molecule has 0 radical (unpaired) electrons. The smallest absolute Gasteiger partial charge is 0.188 e. The second kappa shape index (κ2) is 6.53. The van der Waals surface area contributed by atoms with Gasteiger partial charge in [0.25, 0.3) is 0 Å². The largest absolute Gasteiger partial charge is 0.492 e. The Balaban J connectivity index is 1.85. The van der Waals surface area contributed by atoms with Crippen molar-refractivity contribution in [2.75, 3.05) is 11.9 Å². The molecule has 22 heavy (non-hydrogen) atoms. The predicted octanol–water partition coefficient (Wildman–Crippen LogP) is 4.05. The molecule has 0 aliphatic heterocycles. The van der Waals surface area contributed by atoms with Crippen LogP contribution in [-0.4, -0.2) is 21.6 Å². The molecule has 0 fully saturated rings. The first-order valence-corrected chi connectivity index (χ1v) is 7.87. The van der Waals surface area contributed by atoms with E-state index in [-0.39, 0.29) is 0 Å². The topological polar surface area (TPSA) is 59.9 Å². The second-order valence-corrected chi connectivity index (χ2v) is 5.52. The van der Waals surface area contributed by atoms with Crippen LogP contribution in [0.25, 0.3) is 11.4 Å². The first-order valence-electron chi connectivity index (χ1n) is 6.99. The Morgan fingerprint density at radius 2 is 2.14 bits per heavy atom. The van der Waals surface area contributed by atoms with Gasteiger partial charge in [-0.25, -0.2) is 9.97 Å². The van der Waals surface area contributed by atoms with Crippen LogP contribution in [0.5, 0.6) is 5.75 Å². The van der Waals surface area contributed by atoms with Crippen LogP contribution >= 0.6 is 11.3 Å². The summed E-state index contributed by atoms with van der Waals surface area (Å²) in [5.74, 6) is 1.53. The molecule has 3 aromatic rings. The zero-order valence-electron chi connectivity index (χ0n) is 12.4. The van der Waals surface area contributed by atoms with Gasteiger partial charge in [0.1, 0.15) is 23.0 Å². The maximum atomic E-state index is 5.60. The summed E-state index contributed by atoms with van der Waals surface area (Å²) in [4.78, 5) is 13.2. The third kappa shape index (κ3) is 3.23. The van der Waals surface area contributed by atoms with Crippen molar-refractivity contribution in [3.63, 3.8) is 0 Å². The first kappa shape index (κ1) is 14.5. The van der Waals surface area contributed by atoms with E-state index in [0.717, 1.165) is 33.7 Å². The molecule has 5 nitrogen and oxygen atoms in total. The van der Waals surface area contributed by atoms with Gasteiger partial charge >= 0.3 is 0 Å². The summed E-state index contributed by atoms with van der Waals surface area (Å²) in [6.07, 6.45) is 3.52. The van der Waals surface area contributed by atoms with Crippen LogP contribution in [0.1, 0.15) is 12.5 Å². The minimum atomic E-state index is 0.598. The van der Waals surface area contributed by atoms with E-state index >= 15 is 0 Å². The zero-order chi connectivity index (χ0) is 15.4. The van der Waals surface area contributed by atoms with Crippen LogP contribution < -0.4 is 10.1 Å². The average Bonchev–Trinajstić information content (AvgIpc) is 2.96. The second-order valence-electron chi connectivity index (χ2n) is 4.66. The maximum Gasteiger partial charge on any atom is 0.188 e. The standard InChI is InChI=1S/C16H16N4OS/c1-3-21-13-5-4-7-18-15(13)12-10-22-16(19-12)20-14-9-11(2)6-8-17-14/h4-10H,3H2,1-2H3,(H,17,19,20). The number of hydrogen-bond acceptors (Lipinski definition) is 6. The molecule has 3 heterocycles. The minimum Gasteiger partial charge on any atom is -0.492 e. The van der Waals surface area contributed by atoms with Crippen LogP contribution in [0, 0.1) is 6.92 Å². The summed E-state index contributed by atoms with van der Waals surface area (Å²) in [7, 11) is 0. The Labute approximate surface area is 133 Å². The van der Waals surface area contributed by atoms with Gasteiger partial charge < -0.3 is 10.1 Å². The minimum absolute atomic E-state index is 0.598. The molecule has 0 aromatic carbocycles. The van der Waals surface area contributed by atoms with Crippen molar-refractivity contribution in [1.82, 2.24) is 15.0 Å². The molecule has 112 valence electrons. The quantitative estimate of drug-likeness (QED) is 0.770. The summed E-state index contributed by atoms with van der Waals surface area (Å²) in [6.45, 7) is 4.58. The monoisotopic (exact) mass is 312 g/mol. The third-order valence-electron chi connectivity index (χ3n) is 2.97. The number of anilines is 2. The average molecular weight is 312 g/mol. The molecule has 0 spiro atoms. The first-order chi connectivity index (χ1) is 10.8. The lowest BCUT2D eigenvalue weighted by Crippen LogP contribution is -1.96. The third-order valence-corrected chi connectivity index (χ3v) is 3.73. The molecular weight excluding hydrogens is 296 g/mol. The van der Waals surface area contributed by atoms with E-state index in [1.165, 1.54) is 11.3 Å². The number of nitrogens with one attached hydrogen (secondary N) is 1. The van der Waals surface area contributed by atoms with Gasteiger partial charge in [-0.2, -0.15) is 0 Å². The van der Waals surface area contributed by atoms with E-state index in [0.29, 0.717) is 6.61 Å². The molecule has 0 atom stereocenters. The Bertz CT molecular complexity index is 772. The van der Waals surface area contributed by atoms with Crippen LogP contribution in [0.3, 0.4) is 0 Å². The van der Waals surface area contributed by atoms with E-state index in [2.05, 4.69) is 20.3 Å². The summed E-state index contributed by atoms with van der Waals surface area (Å²) in [5.41, 5.74) is 2.70. The van der Waals surface area contributed by atoms with E-state index < -0.39 is 0 Å². The van der Waals surface area contributed by atoms with Crippen LogP contribution in [0.15, 0.2) is 42.0 Å². The van der Waals surface area contributed by atoms with Gasteiger partial charge in [-0.05, 0) is 43.7 Å². The predicted molar refractivity (Wildman–Crippen MR) is 88.8 cm³/mol. The number of aryl methyl sites for hydroxylation is 1. The molecule has 0 unspecified atom stereocenters. The van der Waals surface area contributed by atoms with Crippen molar-refractivity contribution in [2.24, 2.45) is 0 Å². The van der Waals surface area contributed by atoms with Crippen molar-refractivity contribution >= 4 is 22.3 Å².